The summed E-state index contributed by atoms with van der Waals surface area (Å²) < 4.78 is 0. The van der Waals surface area contributed by atoms with Crippen LogP contribution in [0, 0.1) is 0 Å². The van der Waals surface area contributed by atoms with Gasteiger partial charge in [-0.05, 0) is 19.1 Å². The lowest BCUT2D eigenvalue weighted by Gasteiger charge is -2.24. The summed E-state index contributed by atoms with van der Waals surface area (Å²) in [6.07, 6.45) is 0. The second-order valence-electron chi connectivity index (χ2n) is 3.25. The summed E-state index contributed by atoms with van der Waals surface area (Å²) in [6, 6.07) is 7.32. The molecule has 0 saturated carbocycles. The molecule has 0 aliphatic carbocycles. The Morgan fingerprint density at radius 3 is 2.60 bits per heavy atom. The number of anilines is 1. The topological polar surface area (TPSA) is 72.3 Å². The van der Waals surface area contributed by atoms with E-state index in [9.17, 15) is 4.79 Å². The smallest absolute Gasteiger partial charge is 0.250 e. The molecule has 0 aliphatic rings. The molecule has 1 aromatic rings. The first-order chi connectivity index (χ1) is 7.20. The van der Waals surface area contributed by atoms with Crippen molar-refractivity contribution in [3.63, 3.8) is 0 Å². The number of carbonyl (C=O) groups is 1. The van der Waals surface area contributed by atoms with Crippen LogP contribution in [0.1, 0.15) is 17.3 Å². The predicted molar refractivity (Wildman–Crippen MR) is 61.9 cm³/mol. The zero-order chi connectivity index (χ0) is 11.3. The summed E-state index contributed by atoms with van der Waals surface area (Å²) in [5, 5.41) is 0. The molecule has 1 rings (SSSR count). The van der Waals surface area contributed by atoms with Crippen LogP contribution in [0.25, 0.3) is 0 Å². The van der Waals surface area contributed by atoms with Gasteiger partial charge in [0.1, 0.15) is 0 Å². The molecule has 0 radical (unpaired) electrons. The number of nitrogens with two attached hydrogens (primary N) is 2. The Labute approximate surface area is 89.9 Å². The molecule has 4 N–H and O–H groups in total. The molecular formula is C11H17N3O. The summed E-state index contributed by atoms with van der Waals surface area (Å²) in [4.78, 5) is 13.3. The Kier molecular flexibility index (Phi) is 4.12. The van der Waals surface area contributed by atoms with E-state index in [-0.39, 0.29) is 0 Å². The lowest BCUT2D eigenvalue weighted by Crippen LogP contribution is -2.31. The van der Waals surface area contributed by atoms with E-state index in [0.29, 0.717) is 12.1 Å². The zero-order valence-electron chi connectivity index (χ0n) is 8.94. The number of carbonyl (C=O) groups excluding carboxylic acids is 1. The van der Waals surface area contributed by atoms with E-state index in [1.54, 1.807) is 12.1 Å². The third kappa shape index (κ3) is 2.70. The first kappa shape index (κ1) is 11.5. The van der Waals surface area contributed by atoms with Crippen LogP contribution in [0.15, 0.2) is 24.3 Å². The normalized spacial score (nSPS) is 10.0. The molecule has 0 spiro atoms. The van der Waals surface area contributed by atoms with Gasteiger partial charge >= 0.3 is 0 Å². The van der Waals surface area contributed by atoms with Gasteiger partial charge < -0.3 is 16.4 Å². The van der Waals surface area contributed by atoms with Gasteiger partial charge in [0.15, 0.2) is 0 Å². The minimum Gasteiger partial charge on any atom is -0.370 e. The summed E-state index contributed by atoms with van der Waals surface area (Å²) in [5.74, 6) is -0.402. The molecule has 1 amide bonds. The van der Waals surface area contributed by atoms with Gasteiger partial charge in [-0.15, -0.1) is 0 Å². The first-order valence-electron chi connectivity index (χ1n) is 5.04. The molecule has 0 aromatic heterocycles. The van der Waals surface area contributed by atoms with Gasteiger partial charge in [0.05, 0.1) is 5.56 Å². The van der Waals surface area contributed by atoms with Crippen molar-refractivity contribution in [2.75, 3.05) is 24.5 Å². The highest BCUT2D eigenvalue weighted by Gasteiger charge is 2.11. The molecule has 0 atom stereocenters. The van der Waals surface area contributed by atoms with Crippen LogP contribution in [0.5, 0.6) is 0 Å². The maximum Gasteiger partial charge on any atom is 0.250 e. The Bertz CT molecular complexity index is 338. The second kappa shape index (κ2) is 5.36. The number of rotatable bonds is 5. The Morgan fingerprint density at radius 2 is 2.07 bits per heavy atom. The van der Waals surface area contributed by atoms with Crippen LogP contribution in [0.2, 0.25) is 0 Å². The van der Waals surface area contributed by atoms with Crippen molar-refractivity contribution < 1.29 is 4.79 Å². The van der Waals surface area contributed by atoms with E-state index in [1.807, 2.05) is 24.0 Å². The number of para-hydroxylation sites is 1. The third-order valence-electron chi connectivity index (χ3n) is 2.29. The molecule has 0 unspecified atom stereocenters. The number of amides is 1. The van der Waals surface area contributed by atoms with Crippen molar-refractivity contribution in [2.24, 2.45) is 11.5 Å². The van der Waals surface area contributed by atoms with E-state index >= 15 is 0 Å². The largest absolute Gasteiger partial charge is 0.370 e. The standard InChI is InChI=1S/C11H17N3O/c1-2-14(8-7-12)10-6-4-3-5-9(10)11(13)15/h3-6H,2,7-8,12H2,1H3,(H2,13,15). The second-order valence-corrected chi connectivity index (χ2v) is 3.25. The molecule has 4 heteroatoms. The van der Waals surface area contributed by atoms with Crippen LogP contribution in [-0.4, -0.2) is 25.5 Å². The Balaban J connectivity index is 3.04. The average molecular weight is 207 g/mol. The summed E-state index contributed by atoms with van der Waals surface area (Å²) in [7, 11) is 0. The highest BCUT2D eigenvalue weighted by atomic mass is 16.1. The van der Waals surface area contributed by atoms with E-state index in [1.165, 1.54) is 0 Å². The minimum atomic E-state index is -0.402. The lowest BCUT2D eigenvalue weighted by molar-refractivity contribution is 0.100. The summed E-state index contributed by atoms with van der Waals surface area (Å²) in [5.41, 5.74) is 12.2. The Hall–Kier alpha value is -1.55. The van der Waals surface area contributed by atoms with Gasteiger partial charge in [0.2, 0.25) is 0 Å². The first-order valence-corrected chi connectivity index (χ1v) is 5.04. The number of hydrogen-bond donors (Lipinski definition) is 2. The minimum absolute atomic E-state index is 0.402. The average Bonchev–Trinajstić information content (AvgIpc) is 2.26. The molecule has 0 bridgehead atoms. The van der Waals surface area contributed by atoms with E-state index < -0.39 is 5.91 Å². The van der Waals surface area contributed by atoms with Crippen LogP contribution in [0.3, 0.4) is 0 Å². The fourth-order valence-electron chi connectivity index (χ4n) is 1.56. The molecule has 0 aliphatic heterocycles. The van der Waals surface area contributed by atoms with Gasteiger partial charge in [-0.25, -0.2) is 0 Å². The van der Waals surface area contributed by atoms with Gasteiger partial charge in [-0.1, -0.05) is 12.1 Å². The van der Waals surface area contributed by atoms with Crippen LogP contribution in [-0.2, 0) is 0 Å². The molecule has 4 nitrogen and oxygen atoms in total. The number of nitrogens with zero attached hydrogens (tertiary/aromatic N) is 1. The van der Waals surface area contributed by atoms with E-state index in [2.05, 4.69) is 0 Å². The van der Waals surface area contributed by atoms with Crippen molar-refractivity contribution in [1.82, 2.24) is 0 Å². The number of benzene rings is 1. The van der Waals surface area contributed by atoms with Crippen molar-refractivity contribution in [3.05, 3.63) is 29.8 Å². The molecular weight excluding hydrogens is 190 g/mol. The van der Waals surface area contributed by atoms with Crippen LogP contribution < -0.4 is 16.4 Å². The zero-order valence-corrected chi connectivity index (χ0v) is 8.94. The SMILES string of the molecule is CCN(CCN)c1ccccc1C(N)=O. The van der Waals surface area contributed by atoms with Crippen molar-refractivity contribution in [1.29, 1.82) is 0 Å². The molecule has 0 heterocycles. The maximum atomic E-state index is 11.2. The molecule has 15 heavy (non-hydrogen) atoms. The highest BCUT2D eigenvalue weighted by molar-refractivity contribution is 5.98. The summed E-state index contributed by atoms with van der Waals surface area (Å²) >= 11 is 0. The molecule has 0 saturated heterocycles. The van der Waals surface area contributed by atoms with Crippen molar-refractivity contribution in [3.8, 4) is 0 Å². The molecule has 0 fully saturated rings. The highest BCUT2D eigenvalue weighted by Crippen LogP contribution is 2.19. The number of likely N-dealkylation sites (N-methyl/N-ethyl adjacent to an activating group) is 1. The van der Waals surface area contributed by atoms with Crippen LogP contribution in [0.4, 0.5) is 5.69 Å². The fraction of sp³-hybridized carbons (Fsp3) is 0.364. The number of primary amides is 1. The maximum absolute atomic E-state index is 11.2. The quantitative estimate of drug-likeness (QED) is 0.741. The van der Waals surface area contributed by atoms with Gasteiger partial charge in [-0.2, -0.15) is 0 Å². The third-order valence-corrected chi connectivity index (χ3v) is 2.29. The van der Waals surface area contributed by atoms with Crippen molar-refractivity contribution >= 4 is 11.6 Å². The Morgan fingerprint density at radius 1 is 1.40 bits per heavy atom. The summed E-state index contributed by atoms with van der Waals surface area (Å²) in [6.45, 7) is 4.11. The van der Waals surface area contributed by atoms with Gasteiger partial charge in [0, 0.05) is 25.3 Å². The van der Waals surface area contributed by atoms with Gasteiger partial charge in [-0.3, -0.25) is 4.79 Å². The van der Waals surface area contributed by atoms with E-state index in [4.69, 9.17) is 11.5 Å². The predicted octanol–water partition coefficient (Wildman–Crippen LogP) is 0.570. The monoisotopic (exact) mass is 207 g/mol. The van der Waals surface area contributed by atoms with E-state index in [0.717, 1.165) is 18.8 Å². The van der Waals surface area contributed by atoms with Crippen molar-refractivity contribution in [2.45, 2.75) is 6.92 Å². The lowest BCUT2D eigenvalue weighted by atomic mass is 10.1. The van der Waals surface area contributed by atoms with Crippen LogP contribution >= 0.6 is 0 Å². The molecule has 1 aromatic carbocycles. The molecule has 82 valence electrons. The fourth-order valence-corrected chi connectivity index (χ4v) is 1.56. The van der Waals surface area contributed by atoms with Gasteiger partial charge in [0.25, 0.3) is 5.91 Å². The number of hydrogen-bond acceptors (Lipinski definition) is 3.